The van der Waals surface area contributed by atoms with Crippen molar-refractivity contribution in [1.82, 2.24) is 0 Å². The van der Waals surface area contributed by atoms with Crippen LogP contribution in [-0.2, 0) is 9.59 Å². The highest BCUT2D eigenvalue weighted by Gasteiger charge is 2.35. The molecule has 1 atom stereocenters. The van der Waals surface area contributed by atoms with Gasteiger partial charge in [-0.3, -0.25) is 9.59 Å². The van der Waals surface area contributed by atoms with Gasteiger partial charge in [-0.2, -0.15) is 0 Å². The average molecular weight is 463 g/mol. The lowest BCUT2D eigenvalue weighted by Crippen LogP contribution is -2.28. The smallest absolute Gasteiger partial charge is 0.229 e. The number of amides is 2. The van der Waals surface area contributed by atoms with E-state index in [-0.39, 0.29) is 18.2 Å². The summed E-state index contributed by atoms with van der Waals surface area (Å²) in [6.45, 7) is 6.62. The molecule has 0 unspecified atom stereocenters. The Morgan fingerprint density at radius 3 is 2.52 bits per heavy atom. The molecule has 0 saturated carbocycles. The normalized spacial score (nSPS) is 15.7. The van der Waals surface area contributed by atoms with Gasteiger partial charge >= 0.3 is 0 Å². The molecule has 1 saturated heterocycles. The molecule has 1 heterocycles. The Hall–Kier alpha value is -3.31. The van der Waals surface area contributed by atoms with Crippen molar-refractivity contribution in [3.05, 3.63) is 82.9 Å². The molecular formula is C27H27ClN2O3. The van der Waals surface area contributed by atoms with Gasteiger partial charge in [0.15, 0.2) is 0 Å². The maximum atomic E-state index is 12.8. The molecule has 0 spiro atoms. The van der Waals surface area contributed by atoms with Gasteiger partial charge in [0.05, 0.1) is 16.6 Å². The minimum absolute atomic E-state index is 0.105. The lowest BCUT2D eigenvalue weighted by atomic mass is 10.0. The molecule has 0 radical (unpaired) electrons. The standard InChI is InChI=1S/C27H27ClN2O3/c1-17(2)22-13-8-18(3)14-25(22)33-21-11-9-20(10-12-21)29-27(32)19-15-26(31)30(16-19)24-7-5-4-6-23(24)28/h4-14,17,19H,15-16H2,1-3H3,(H,29,32)/t19-/m0/s1. The van der Waals surface area contributed by atoms with Crippen LogP contribution in [0.3, 0.4) is 0 Å². The van der Waals surface area contributed by atoms with Crippen LogP contribution >= 0.6 is 11.6 Å². The van der Waals surface area contributed by atoms with Crippen LogP contribution in [0.4, 0.5) is 11.4 Å². The molecule has 6 heteroatoms. The molecule has 0 aromatic heterocycles. The number of carbonyl (C=O) groups excluding carboxylic acids is 2. The maximum absolute atomic E-state index is 12.8. The topological polar surface area (TPSA) is 58.6 Å². The number of hydrogen-bond donors (Lipinski definition) is 1. The summed E-state index contributed by atoms with van der Waals surface area (Å²) in [5, 5.41) is 3.41. The van der Waals surface area contributed by atoms with E-state index in [9.17, 15) is 9.59 Å². The zero-order valence-electron chi connectivity index (χ0n) is 19.0. The van der Waals surface area contributed by atoms with Crippen LogP contribution in [0.15, 0.2) is 66.7 Å². The molecule has 0 aliphatic carbocycles. The predicted molar refractivity (Wildman–Crippen MR) is 132 cm³/mol. The van der Waals surface area contributed by atoms with Crippen molar-refractivity contribution in [3.63, 3.8) is 0 Å². The zero-order valence-corrected chi connectivity index (χ0v) is 19.7. The van der Waals surface area contributed by atoms with Crippen LogP contribution in [0, 0.1) is 12.8 Å². The summed E-state index contributed by atoms with van der Waals surface area (Å²) in [7, 11) is 0. The van der Waals surface area contributed by atoms with E-state index in [0.717, 1.165) is 16.9 Å². The first-order valence-corrected chi connectivity index (χ1v) is 11.4. The minimum Gasteiger partial charge on any atom is -0.457 e. The van der Waals surface area contributed by atoms with Crippen LogP contribution < -0.4 is 15.0 Å². The van der Waals surface area contributed by atoms with Crippen LogP contribution in [-0.4, -0.2) is 18.4 Å². The van der Waals surface area contributed by atoms with E-state index in [2.05, 4.69) is 31.3 Å². The van der Waals surface area contributed by atoms with Gasteiger partial charge in [-0.15, -0.1) is 0 Å². The van der Waals surface area contributed by atoms with E-state index in [1.54, 1.807) is 29.2 Å². The SMILES string of the molecule is Cc1ccc(C(C)C)c(Oc2ccc(NC(=O)[C@H]3CC(=O)N(c4ccccc4Cl)C3)cc2)c1. The number of rotatable bonds is 6. The average Bonchev–Trinajstić information content (AvgIpc) is 3.17. The minimum atomic E-state index is -0.439. The summed E-state index contributed by atoms with van der Waals surface area (Å²) in [4.78, 5) is 26.9. The molecular weight excluding hydrogens is 436 g/mol. The molecule has 33 heavy (non-hydrogen) atoms. The molecule has 170 valence electrons. The first-order chi connectivity index (χ1) is 15.8. The Morgan fingerprint density at radius 2 is 1.82 bits per heavy atom. The fourth-order valence-electron chi connectivity index (χ4n) is 3.97. The largest absolute Gasteiger partial charge is 0.457 e. The molecule has 0 bridgehead atoms. The Kier molecular flexibility index (Phi) is 6.70. The summed E-state index contributed by atoms with van der Waals surface area (Å²) in [6.07, 6.45) is 0.156. The second-order valence-electron chi connectivity index (χ2n) is 8.67. The van der Waals surface area contributed by atoms with Crippen LogP contribution in [0.5, 0.6) is 11.5 Å². The second kappa shape index (κ2) is 9.67. The van der Waals surface area contributed by atoms with Crippen LogP contribution in [0.25, 0.3) is 0 Å². The molecule has 3 aromatic carbocycles. The Labute approximate surface area is 199 Å². The van der Waals surface area contributed by atoms with E-state index in [1.165, 1.54) is 0 Å². The molecule has 1 N–H and O–H groups in total. The molecule has 3 aromatic rings. The van der Waals surface area contributed by atoms with Gasteiger partial charge in [-0.1, -0.05) is 49.7 Å². The van der Waals surface area contributed by atoms with Crippen molar-refractivity contribution in [2.75, 3.05) is 16.8 Å². The number of nitrogens with one attached hydrogen (secondary N) is 1. The van der Waals surface area contributed by atoms with Crippen molar-refractivity contribution >= 4 is 34.8 Å². The number of halogens is 1. The van der Waals surface area contributed by atoms with Gasteiger partial charge in [0, 0.05) is 18.7 Å². The summed E-state index contributed by atoms with van der Waals surface area (Å²) < 4.78 is 6.12. The number of aryl methyl sites for hydroxylation is 1. The Balaban J connectivity index is 1.41. The van der Waals surface area contributed by atoms with E-state index in [1.807, 2.05) is 37.3 Å². The third kappa shape index (κ3) is 5.20. The molecule has 1 aliphatic rings. The van der Waals surface area contributed by atoms with Gasteiger partial charge < -0.3 is 15.0 Å². The molecule has 5 nitrogen and oxygen atoms in total. The second-order valence-corrected chi connectivity index (χ2v) is 9.08. The summed E-state index contributed by atoms with van der Waals surface area (Å²) >= 11 is 6.23. The van der Waals surface area contributed by atoms with E-state index >= 15 is 0 Å². The van der Waals surface area contributed by atoms with Crippen LogP contribution in [0.2, 0.25) is 5.02 Å². The number of nitrogens with zero attached hydrogens (tertiary/aromatic N) is 1. The lowest BCUT2D eigenvalue weighted by Gasteiger charge is -2.18. The van der Waals surface area contributed by atoms with Gasteiger partial charge in [0.2, 0.25) is 11.8 Å². The Morgan fingerprint density at radius 1 is 1.09 bits per heavy atom. The third-order valence-electron chi connectivity index (χ3n) is 5.78. The molecule has 1 fully saturated rings. The quantitative estimate of drug-likeness (QED) is 0.451. The van der Waals surface area contributed by atoms with Crippen molar-refractivity contribution in [2.45, 2.75) is 33.1 Å². The van der Waals surface area contributed by atoms with Crippen molar-refractivity contribution < 1.29 is 14.3 Å². The number of para-hydroxylation sites is 1. The van der Waals surface area contributed by atoms with Gasteiger partial charge in [-0.25, -0.2) is 0 Å². The fourth-order valence-corrected chi connectivity index (χ4v) is 4.21. The van der Waals surface area contributed by atoms with Gasteiger partial charge in [-0.05, 0) is 66.4 Å². The number of anilines is 2. The summed E-state index contributed by atoms with van der Waals surface area (Å²) in [5.74, 6) is 1.15. The number of carbonyl (C=O) groups is 2. The van der Waals surface area contributed by atoms with Crippen molar-refractivity contribution in [2.24, 2.45) is 5.92 Å². The Bertz CT molecular complexity index is 1170. The highest BCUT2D eigenvalue weighted by atomic mass is 35.5. The molecule has 1 aliphatic heterocycles. The summed E-state index contributed by atoms with van der Waals surface area (Å²) in [5.41, 5.74) is 3.57. The fraction of sp³-hybridized carbons (Fsp3) is 0.259. The lowest BCUT2D eigenvalue weighted by molar-refractivity contribution is -0.122. The zero-order chi connectivity index (χ0) is 23.5. The van der Waals surface area contributed by atoms with Crippen LogP contribution in [0.1, 0.15) is 37.3 Å². The van der Waals surface area contributed by atoms with E-state index in [4.69, 9.17) is 16.3 Å². The maximum Gasteiger partial charge on any atom is 0.229 e. The molecule has 2 amide bonds. The monoisotopic (exact) mass is 462 g/mol. The molecule has 4 rings (SSSR count). The number of hydrogen-bond acceptors (Lipinski definition) is 3. The predicted octanol–water partition coefficient (Wildman–Crippen LogP) is 6.56. The highest BCUT2D eigenvalue weighted by molar-refractivity contribution is 6.33. The van der Waals surface area contributed by atoms with Gasteiger partial charge in [0.25, 0.3) is 0 Å². The number of benzene rings is 3. The van der Waals surface area contributed by atoms with Gasteiger partial charge in [0.1, 0.15) is 11.5 Å². The van der Waals surface area contributed by atoms with Crippen molar-refractivity contribution in [3.8, 4) is 11.5 Å². The first kappa shape index (κ1) is 22.9. The highest BCUT2D eigenvalue weighted by Crippen LogP contribution is 2.33. The number of ether oxygens (including phenoxy) is 1. The first-order valence-electron chi connectivity index (χ1n) is 11.1. The summed E-state index contributed by atoms with van der Waals surface area (Å²) in [6, 6.07) is 20.7. The van der Waals surface area contributed by atoms with Crippen molar-refractivity contribution in [1.29, 1.82) is 0 Å². The van der Waals surface area contributed by atoms with E-state index < -0.39 is 5.92 Å². The third-order valence-corrected chi connectivity index (χ3v) is 6.10. The van der Waals surface area contributed by atoms with E-state index in [0.29, 0.717) is 34.6 Å².